The van der Waals surface area contributed by atoms with E-state index in [1.54, 1.807) is 3.51 Å². The van der Waals surface area contributed by atoms with Gasteiger partial charge in [-0.05, 0) is 16.4 Å². The fourth-order valence-electron chi connectivity index (χ4n) is 1.27. The van der Waals surface area contributed by atoms with Crippen LogP contribution in [0.2, 0.25) is 0 Å². The molecule has 0 saturated heterocycles. The monoisotopic (exact) mass is 363 g/mol. The third kappa shape index (κ3) is 4.39. The Balaban J connectivity index is 1.73. The number of nitrogens with two attached hydrogens (primary N) is 2. The predicted octanol–water partition coefficient (Wildman–Crippen LogP) is 0.0944. The molecule has 1 aromatic heterocycles. The molecule has 0 bridgehead atoms. The number of hydrogen-bond donors (Lipinski definition) is 4. The number of rotatable bonds is 5. The lowest BCUT2D eigenvalue weighted by Gasteiger charge is -2.06. The van der Waals surface area contributed by atoms with E-state index in [4.69, 9.17) is 11.5 Å². The highest BCUT2D eigenvalue weighted by Crippen LogP contribution is 2.22. The Morgan fingerprint density at radius 3 is 2.56 bits per heavy atom. The van der Waals surface area contributed by atoms with Gasteiger partial charge in [0.05, 0.1) is 0 Å². The van der Waals surface area contributed by atoms with E-state index >= 15 is 0 Å². The number of nitrogens with zero attached hydrogens (tertiary/aromatic N) is 3. The molecule has 0 atom stereocenters. The first-order chi connectivity index (χ1) is 8.63. The van der Waals surface area contributed by atoms with Gasteiger partial charge in [-0.25, -0.2) is 4.79 Å². The van der Waals surface area contributed by atoms with Crippen LogP contribution in [0.5, 0.6) is 0 Å². The van der Waals surface area contributed by atoms with E-state index in [0.717, 1.165) is 12.8 Å². The molecule has 2 amide bonds. The van der Waals surface area contributed by atoms with Crippen molar-refractivity contribution in [1.29, 1.82) is 0 Å². The van der Waals surface area contributed by atoms with E-state index in [9.17, 15) is 4.79 Å². The first-order valence-corrected chi connectivity index (χ1v) is 7.99. The maximum absolute atomic E-state index is 11.5. The Bertz CT molecular complexity index is 470. The molecule has 1 aliphatic rings. The minimum atomic E-state index is -0.365. The van der Waals surface area contributed by atoms with Gasteiger partial charge < -0.3 is 16.8 Å². The van der Waals surface area contributed by atoms with Crippen molar-refractivity contribution in [2.45, 2.75) is 12.8 Å². The van der Waals surface area contributed by atoms with Crippen LogP contribution in [0, 0.1) is 0 Å². The second kappa shape index (κ2) is 5.89. The molecular formula is C9H14IN7O. The highest BCUT2D eigenvalue weighted by atomic mass is 127. The predicted molar refractivity (Wildman–Crippen MR) is 78.8 cm³/mol. The van der Waals surface area contributed by atoms with Gasteiger partial charge >= 0.3 is 6.03 Å². The van der Waals surface area contributed by atoms with Crippen LogP contribution in [-0.2, 0) is 0 Å². The zero-order chi connectivity index (χ0) is 13.0. The summed E-state index contributed by atoms with van der Waals surface area (Å²) in [5.74, 6) is 0.0126. The number of nitrogens with one attached hydrogen (secondary N) is 2. The van der Waals surface area contributed by atoms with Gasteiger partial charge in [0.15, 0.2) is 0 Å². The van der Waals surface area contributed by atoms with Gasteiger partial charge in [0.25, 0.3) is 0 Å². The Labute approximate surface area is 114 Å². The maximum atomic E-state index is 11.5. The molecule has 0 unspecified atom stereocenters. The van der Waals surface area contributed by atoms with Gasteiger partial charge in [-0.2, -0.15) is 15.0 Å². The molecule has 9 heteroatoms. The van der Waals surface area contributed by atoms with Gasteiger partial charge in [-0.1, -0.05) is 0 Å². The van der Waals surface area contributed by atoms with Gasteiger partial charge in [0.1, 0.15) is 0 Å². The maximum Gasteiger partial charge on any atom is 0.321 e. The summed E-state index contributed by atoms with van der Waals surface area (Å²) >= 11 is 0.426. The number of carbonyl (C=O) groups is 1. The van der Waals surface area contributed by atoms with Crippen LogP contribution in [-0.4, -0.2) is 35.5 Å². The Hall–Kier alpha value is -1.52. The molecule has 0 aliphatic carbocycles. The van der Waals surface area contributed by atoms with E-state index in [1.165, 1.54) is 4.43 Å². The van der Waals surface area contributed by atoms with Crippen molar-refractivity contribution in [2.75, 3.05) is 27.8 Å². The first-order valence-electron chi connectivity index (χ1n) is 5.39. The van der Waals surface area contributed by atoms with E-state index in [-0.39, 0.29) is 23.9 Å². The van der Waals surface area contributed by atoms with Gasteiger partial charge in [-0.3, -0.25) is 5.32 Å². The summed E-state index contributed by atoms with van der Waals surface area (Å²) in [5.41, 5.74) is 10.8. The minimum absolute atomic E-state index is 0.0214. The molecule has 0 radical (unpaired) electrons. The summed E-state index contributed by atoms with van der Waals surface area (Å²) in [6, 6.07) is -0.365. The molecule has 0 aromatic carbocycles. The van der Waals surface area contributed by atoms with Crippen LogP contribution in [0.15, 0.2) is 0 Å². The number of urea groups is 1. The van der Waals surface area contributed by atoms with Crippen molar-refractivity contribution in [3.05, 3.63) is 0 Å². The zero-order valence-electron chi connectivity index (χ0n) is 9.61. The lowest BCUT2D eigenvalue weighted by Crippen LogP contribution is -2.30. The largest absolute Gasteiger partial charge is 0.368 e. The molecule has 1 aromatic rings. The molecule has 2 rings (SSSR count). The smallest absolute Gasteiger partial charge is 0.321 e. The molecule has 2 heterocycles. The number of nitrogen functional groups attached to an aromatic ring is 2. The van der Waals surface area contributed by atoms with Crippen LogP contribution in [0.25, 0.3) is 0 Å². The third-order valence-electron chi connectivity index (χ3n) is 2.13. The minimum Gasteiger partial charge on any atom is -0.368 e. The SMILES string of the molecule is Nc1nc(N)nc(NC(=O)NCCCC2=IC2)n1. The Morgan fingerprint density at radius 1 is 1.28 bits per heavy atom. The molecule has 8 nitrogen and oxygen atoms in total. The summed E-state index contributed by atoms with van der Waals surface area (Å²) in [6.45, 7) is 0.634. The number of halogens is 1. The fraction of sp³-hybridized carbons (Fsp3) is 0.444. The average Bonchev–Trinajstić information content (AvgIpc) is 3.06. The van der Waals surface area contributed by atoms with Crippen molar-refractivity contribution in [1.82, 2.24) is 20.3 Å². The lowest BCUT2D eigenvalue weighted by atomic mass is 10.2. The van der Waals surface area contributed by atoms with Crippen LogP contribution in [0.4, 0.5) is 22.6 Å². The summed E-state index contributed by atoms with van der Waals surface area (Å²) in [4.78, 5) is 22.6. The molecule has 18 heavy (non-hydrogen) atoms. The van der Waals surface area contributed by atoms with E-state index in [1.807, 2.05) is 0 Å². The molecule has 6 N–H and O–H groups in total. The molecule has 1 aliphatic heterocycles. The van der Waals surface area contributed by atoms with Crippen molar-refractivity contribution in [3.8, 4) is 0 Å². The van der Waals surface area contributed by atoms with Crippen molar-refractivity contribution >= 4 is 48.1 Å². The average molecular weight is 363 g/mol. The zero-order valence-corrected chi connectivity index (χ0v) is 11.8. The van der Waals surface area contributed by atoms with Crippen LogP contribution in [0.1, 0.15) is 12.8 Å². The van der Waals surface area contributed by atoms with E-state index in [2.05, 4.69) is 25.6 Å². The Kier molecular flexibility index (Phi) is 4.23. The number of anilines is 3. The topological polar surface area (TPSA) is 132 Å². The van der Waals surface area contributed by atoms with Crippen LogP contribution in [0.3, 0.4) is 0 Å². The van der Waals surface area contributed by atoms with Crippen LogP contribution >= 0.6 is 20.7 Å². The number of alkyl halides is 1. The van der Waals surface area contributed by atoms with E-state index in [0.29, 0.717) is 27.3 Å². The molecule has 0 spiro atoms. The molecule has 0 saturated carbocycles. The van der Waals surface area contributed by atoms with Crippen molar-refractivity contribution < 1.29 is 4.79 Å². The van der Waals surface area contributed by atoms with Gasteiger partial charge in [0, 0.05) is 11.0 Å². The molecular weight excluding hydrogens is 349 g/mol. The Morgan fingerprint density at radius 2 is 1.94 bits per heavy atom. The second-order valence-electron chi connectivity index (χ2n) is 3.64. The van der Waals surface area contributed by atoms with Crippen LogP contribution < -0.4 is 22.1 Å². The number of aromatic nitrogens is 3. The van der Waals surface area contributed by atoms with E-state index < -0.39 is 0 Å². The summed E-state index contributed by atoms with van der Waals surface area (Å²) in [7, 11) is 0. The summed E-state index contributed by atoms with van der Waals surface area (Å²) < 4.78 is 3.04. The highest BCUT2D eigenvalue weighted by molar-refractivity contribution is 14.2. The normalized spacial score (nSPS) is 13.2. The quantitative estimate of drug-likeness (QED) is 0.333. The highest BCUT2D eigenvalue weighted by Gasteiger charge is 2.09. The third-order valence-corrected chi connectivity index (χ3v) is 4.51. The molecule has 98 valence electrons. The standard InChI is InChI=1S/C9H14IN7O/c11-6-14-7(12)16-8(15-6)17-9(18)13-3-1-2-5-4-10-5/h1-4H2,(H6,11,12,13,14,15,16,17,18). The second-order valence-corrected chi connectivity index (χ2v) is 6.70. The number of amides is 2. The van der Waals surface area contributed by atoms with Gasteiger partial charge in [-0.15, -0.1) is 20.7 Å². The first kappa shape index (κ1) is 12.9. The lowest BCUT2D eigenvalue weighted by molar-refractivity contribution is 0.252. The molecule has 0 fully saturated rings. The summed E-state index contributed by atoms with van der Waals surface area (Å²) in [5, 5.41) is 5.18. The summed E-state index contributed by atoms with van der Waals surface area (Å²) in [6.07, 6.45) is 2.11. The fourth-order valence-corrected chi connectivity index (χ4v) is 2.69. The number of hydrogen-bond acceptors (Lipinski definition) is 6. The van der Waals surface area contributed by atoms with Gasteiger partial charge in [0.2, 0.25) is 17.8 Å². The number of carbonyl (C=O) groups excluding carboxylic acids is 1. The van der Waals surface area contributed by atoms with Crippen molar-refractivity contribution in [3.63, 3.8) is 0 Å². The van der Waals surface area contributed by atoms with Crippen molar-refractivity contribution in [2.24, 2.45) is 0 Å².